The number of primary amides is 1. The Bertz CT molecular complexity index is 776. The van der Waals surface area contributed by atoms with E-state index in [0.29, 0.717) is 23.3 Å². The lowest BCUT2D eigenvalue weighted by molar-refractivity contribution is -0.118. The first-order chi connectivity index (χ1) is 11.0. The summed E-state index contributed by atoms with van der Waals surface area (Å²) in [6, 6.07) is 7.22. The number of para-hydroxylation sites is 1. The summed E-state index contributed by atoms with van der Waals surface area (Å²) in [6.45, 7) is 4.67. The van der Waals surface area contributed by atoms with Crippen molar-refractivity contribution in [3.63, 3.8) is 0 Å². The Kier molecular flexibility index (Phi) is 4.43. The van der Waals surface area contributed by atoms with Gasteiger partial charge in [0.15, 0.2) is 0 Å². The summed E-state index contributed by atoms with van der Waals surface area (Å²) in [6.07, 6.45) is 2.29. The summed E-state index contributed by atoms with van der Waals surface area (Å²) in [7, 11) is 0. The minimum atomic E-state index is -0.530. The van der Waals surface area contributed by atoms with Crippen LogP contribution >= 0.6 is 0 Å². The SMILES string of the molecule is CC1CCN(Cc2nc3ccccc3c(=O)n2CC(N)=O)CC1. The molecule has 1 saturated heterocycles. The van der Waals surface area contributed by atoms with Crippen LogP contribution in [-0.2, 0) is 17.9 Å². The van der Waals surface area contributed by atoms with Gasteiger partial charge in [0.25, 0.3) is 5.56 Å². The first-order valence-corrected chi connectivity index (χ1v) is 8.03. The van der Waals surface area contributed by atoms with E-state index < -0.39 is 5.91 Å². The Morgan fingerprint density at radius 2 is 2.00 bits per heavy atom. The zero-order valence-electron chi connectivity index (χ0n) is 13.4. The van der Waals surface area contributed by atoms with E-state index in [4.69, 9.17) is 5.73 Å². The number of amides is 1. The normalized spacial score (nSPS) is 16.7. The minimum absolute atomic E-state index is 0.129. The lowest BCUT2D eigenvalue weighted by Gasteiger charge is -2.30. The van der Waals surface area contributed by atoms with Gasteiger partial charge in [-0.25, -0.2) is 4.98 Å². The van der Waals surface area contributed by atoms with Gasteiger partial charge in [-0.3, -0.25) is 19.1 Å². The molecule has 1 fully saturated rings. The molecule has 122 valence electrons. The fraction of sp³-hybridized carbons (Fsp3) is 0.471. The summed E-state index contributed by atoms with van der Waals surface area (Å²) >= 11 is 0. The number of carbonyl (C=O) groups excluding carboxylic acids is 1. The molecule has 1 aromatic carbocycles. The Balaban J connectivity index is 1.99. The third-order valence-corrected chi connectivity index (χ3v) is 4.50. The van der Waals surface area contributed by atoms with Crippen LogP contribution in [0.5, 0.6) is 0 Å². The number of hydrogen-bond donors (Lipinski definition) is 1. The lowest BCUT2D eigenvalue weighted by atomic mass is 9.99. The maximum atomic E-state index is 12.7. The predicted molar refractivity (Wildman–Crippen MR) is 88.9 cm³/mol. The van der Waals surface area contributed by atoms with E-state index >= 15 is 0 Å². The topological polar surface area (TPSA) is 81.2 Å². The van der Waals surface area contributed by atoms with Crippen molar-refractivity contribution in [1.82, 2.24) is 14.5 Å². The predicted octanol–water partition coefficient (Wildman–Crippen LogP) is 1.11. The molecule has 0 spiro atoms. The fourth-order valence-electron chi connectivity index (χ4n) is 3.07. The first-order valence-electron chi connectivity index (χ1n) is 8.03. The van der Waals surface area contributed by atoms with Crippen LogP contribution in [0.1, 0.15) is 25.6 Å². The molecule has 2 heterocycles. The second kappa shape index (κ2) is 6.50. The Labute approximate surface area is 134 Å². The molecule has 2 N–H and O–H groups in total. The molecule has 0 radical (unpaired) electrons. The first kappa shape index (κ1) is 15.7. The molecule has 1 aliphatic heterocycles. The van der Waals surface area contributed by atoms with E-state index in [1.807, 2.05) is 12.1 Å². The van der Waals surface area contributed by atoms with E-state index in [0.717, 1.165) is 31.8 Å². The second-order valence-corrected chi connectivity index (χ2v) is 6.36. The highest BCUT2D eigenvalue weighted by Gasteiger charge is 2.19. The van der Waals surface area contributed by atoms with Gasteiger partial charge >= 0.3 is 0 Å². The standard InChI is InChI=1S/C17H22N4O2/c1-12-6-8-20(9-7-12)11-16-19-14-5-3-2-4-13(14)17(23)21(16)10-15(18)22/h2-5,12H,6-11H2,1H3,(H2,18,22). The third-order valence-electron chi connectivity index (χ3n) is 4.50. The smallest absolute Gasteiger partial charge is 0.261 e. The quantitative estimate of drug-likeness (QED) is 0.917. The molecule has 0 unspecified atom stereocenters. The van der Waals surface area contributed by atoms with Crippen LogP contribution in [0.25, 0.3) is 10.9 Å². The van der Waals surface area contributed by atoms with Crippen LogP contribution in [0, 0.1) is 5.92 Å². The summed E-state index contributed by atoms with van der Waals surface area (Å²) in [4.78, 5) is 30.9. The van der Waals surface area contributed by atoms with E-state index in [-0.39, 0.29) is 12.1 Å². The second-order valence-electron chi connectivity index (χ2n) is 6.36. The number of nitrogens with zero attached hydrogens (tertiary/aromatic N) is 3. The molecule has 2 aromatic rings. The van der Waals surface area contributed by atoms with Crippen molar-refractivity contribution in [1.29, 1.82) is 0 Å². The molecule has 0 saturated carbocycles. The van der Waals surface area contributed by atoms with E-state index in [9.17, 15) is 9.59 Å². The Morgan fingerprint density at radius 1 is 1.30 bits per heavy atom. The molecule has 23 heavy (non-hydrogen) atoms. The van der Waals surface area contributed by atoms with Crippen molar-refractivity contribution in [2.45, 2.75) is 32.9 Å². The Morgan fingerprint density at radius 3 is 2.70 bits per heavy atom. The molecule has 1 amide bonds. The number of carbonyl (C=O) groups is 1. The molecule has 3 rings (SSSR count). The van der Waals surface area contributed by atoms with Gasteiger partial charge in [-0.1, -0.05) is 19.1 Å². The lowest BCUT2D eigenvalue weighted by Crippen LogP contribution is -2.37. The number of likely N-dealkylation sites (tertiary alicyclic amines) is 1. The fourth-order valence-corrected chi connectivity index (χ4v) is 3.07. The van der Waals surface area contributed by atoms with Crippen LogP contribution in [0.15, 0.2) is 29.1 Å². The van der Waals surface area contributed by atoms with Gasteiger partial charge in [-0.2, -0.15) is 0 Å². The van der Waals surface area contributed by atoms with Crippen LogP contribution in [0.2, 0.25) is 0 Å². The number of piperidine rings is 1. The highest BCUT2D eigenvalue weighted by Crippen LogP contribution is 2.18. The Hall–Kier alpha value is -2.21. The molecular formula is C17H22N4O2. The molecular weight excluding hydrogens is 292 g/mol. The highest BCUT2D eigenvalue weighted by atomic mass is 16.2. The third kappa shape index (κ3) is 3.42. The number of hydrogen-bond acceptors (Lipinski definition) is 4. The zero-order chi connectivity index (χ0) is 16.4. The van der Waals surface area contributed by atoms with Gasteiger partial charge < -0.3 is 5.73 Å². The average molecular weight is 314 g/mol. The summed E-state index contributed by atoms with van der Waals surface area (Å²) in [5.41, 5.74) is 5.78. The van der Waals surface area contributed by atoms with Crippen molar-refractivity contribution >= 4 is 16.8 Å². The monoisotopic (exact) mass is 314 g/mol. The summed E-state index contributed by atoms with van der Waals surface area (Å²) < 4.78 is 1.42. The molecule has 1 aromatic heterocycles. The van der Waals surface area contributed by atoms with Crippen LogP contribution in [-0.4, -0.2) is 33.4 Å². The molecule has 0 atom stereocenters. The van der Waals surface area contributed by atoms with Crippen LogP contribution in [0.3, 0.4) is 0 Å². The van der Waals surface area contributed by atoms with E-state index in [1.54, 1.807) is 12.1 Å². The van der Waals surface area contributed by atoms with Crippen LogP contribution in [0.4, 0.5) is 0 Å². The molecule has 6 nitrogen and oxygen atoms in total. The van der Waals surface area contributed by atoms with Gasteiger partial charge in [0.2, 0.25) is 5.91 Å². The minimum Gasteiger partial charge on any atom is -0.368 e. The molecule has 0 bridgehead atoms. The maximum Gasteiger partial charge on any atom is 0.261 e. The van der Waals surface area contributed by atoms with Crippen LogP contribution < -0.4 is 11.3 Å². The molecule has 1 aliphatic rings. The molecule has 6 heteroatoms. The number of benzene rings is 1. The van der Waals surface area contributed by atoms with Gasteiger partial charge in [0.05, 0.1) is 17.4 Å². The van der Waals surface area contributed by atoms with E-state index in [2.05, 4.69) is 16.8 Å². The number of fused-ring (bicyclic) bond motifs is 1. The maximum absolute atomic E-state index is 12.7. The van der Waals surface area contributed by atoms with Crippen molar-refractivity contribution in [2.24, 2.45) is 11.7 Å². The average Bonchev–Trinajstić information content (AvgIpc) is 2.53. The van der Waals surface area contributed by atoms with Crippen molar-refractivity contribution < 1.29 is 4.79 Å². The summed E-state index contributed by atoms with van der Waals surface area (Å²) in [5, 5.41) is 0.518. The molecule has 0 aliphatic carbocycles. The van der Waals surface area contributed by atoms with Crippen molar-refractivity contribution in [3.8, 4) is 0 Å². The highest BCUT2D eigenvalue weighted by molar-refractivity contribution is 5.78. The number of rotatable bonds is 4. The van der Waals surface area contributed by atoms with E-state index in [1.165, 1.54) is 4.57 Å². The largest absolute Gasteiger partial charge is 0.368 e. The van der Waals surface area contributed by atoms with Crippen molar-refractivity contribution in [2.75, 3.05) is 13.1 Å². The van der Waals surface area contributed by atoms with Gasteiger partial charge in [-0.05, 0) is 44.0 Å². The summed E-state index contributed by atoms with van der Waals surface area (Å²) in [5.74, 6) is 0.823. The zero-order valence-corrected chi connectivity index (χ0v) is 13.4. The number of nitrogens with two attached hydrogens (primary N) is 1. The van der Waals surface area contributed by atoms with Crippen molar-refractivity contribution in [3.05, 3.63) is 40.4 Å². The van der Waals surface area contributed by atoms with Gasteiger partial charge in [0.1, 0.15) is 12.4 Å². The number of aromatic nitrogens is 2. The van der Waals surface area contributed by atoms with Gasteiger partial charge in [0, 0.05) is 0 Å². The van der Waals surface area contributed by atoms with Gasteiger partial charge in [-0.15, -0.1) is 0 Å².